The van der Waals surface area contributed by atoms with Gasteiger partial charge in [0.05, 0.1) is 6.10 Å². The first-order chi connectivity index (χ1) is 15.4. The minimum Gasteiger partial charge on any atom is -0.359 e. The Morgan fingerprint density at radius 1 is 1.06 bits per heavy atom. The van der Waals surface area contributed by atoms with E-state index in [4.69, 9.17) is 9.47 Å². The zero-order chi connectivity index (χ0) is 22.9. The summed E-state index contributed by atoms with van der Waals surface area (Å²) in [4.78, 5) is 0. The van der Waals surface area contributed by atoms with Gasteiger partial charge in [-0.3, -0.25) is 0 Å². The minimum absolute atomic E-state index is 0.348. The van der Waals surface area contributed by atoms with Crippen molar-refractivity contribution in [2.75, 3.05) is 19.2 Å². The fourth-order valence-electron chi connectivity index (χ4n) is 9.00. The van der Waals surface area contributed by atoms with Gasteiger partial charge in [0.2, 0.25) is 0 Å². The second-order valence-electron chi connectivity index (χ2n) is 12.6. The molecule has 8 atom stereocenters. The van der Waals surface area contributed by atoms with Crippen molar-refractivity contribution in [3.05, 3.63) is 11.6 Å². The Morgan fingerprint density at radius 2 is 1.88 bits per heavy atom. The van der Waals surface area contributed by atoms with E-state index in [0.29, 0.717) is 23.7 Å². The predicted octanol–water partition coefficient (Wildman–Crippen LogP) is 8.39. The van der Waals surface area contributed by atoms with Gasteiger partial charge in [0.1, 0.15) is 6.79 Å². The highest BCUT2D eigenvalue weighted by atomic mass is 79.9. The second-order valence-corrected chi connectivity index (χ2v) is 13.2. The molecule has 0 aromatic carbocycles. The molecule has 0 saturated heterocycles. The molecule has 0 aromatic heterocycles. The minimum atomic E-state index is 0.348. The molecule has 4 aliphatic rings. The molecule has 0 radical (unpaired) electrons. The van der Waals surface area contributed by atoms with Gasteiger partial charge < -0.3 is 9.47 Å². The van der Waals surface area contributed by atoms with Gasteiger partial charge in [-0.2, -0.15) is 0 Å². The summed E-state index contributed by atoms with van der Waals surface area (Å²) < 4.78 is 11.2. The van der Waals surface area contributed by atoms with Crippen molar-refractivity contribution in [2.24, 2.45) is 46.3 Å². The second kappa shape index (κ2) is 10.4. The quantitative estimate of drug-likeness (QED) is 0.177. The molecule has 0 heterocycles. The van der Waals surface area contributed by atoms with Crippen molar-refractivity contribution < 1.29 is 9.47 Å². The Bertz CT molecular complexity index is 660. The first kappa shape index (κ1) is 25.2. The van der Waals surface area contributed by atoms with E-state index in [1.807, 2.05) is 0 Å². The van der Waals surface area contributed by atoms with Crippen LogP contribution in [0.5, 0.6) is 0 Å². The fourth-order valence-corrected chi connectivity index (χ4v) is 10.1. The number of halogens is 1. The van der Waals surface area contributed by atoms with Crippen LogP contribution in [0.1, 0.15) is 98.3 Å². The van der Waals surface area contributed by atoms with E-state index in [9.17, 15) is 0 Å². The summed E-state index contributed by atoms with van der Waals surface area (Å²) in [5, 5.41) is 1.14. The van der Waals surface area contributed by atoms with E-state index in [2.05, 4.69) is 49.7 Å². The van der Waals surface area contributed by atoms with Crippen LogP contribution in [0.2, 0.25) is 0 Å². The Hall–Kier alpha value is 0.140. The SMILES string of the molecule is COCO[C@H]1CC[C@@]2(CBr)C(=CC[C@@H]3[C@@H]2CC[C@]2(C)[C@@H]([C@H](C)CCCC(C)C)CC[C@@H]32)C1. The Balaban J connectivity index is 1.48. The molecule has 4 rings (SSSR count). The molecule has 0 N–H and O–H groups in total. The molecule has 0 aromatic rings. The molecular weight excluding hydrogens is 460 g/mol. The lowest BCUT2D eigenvalue weighted by Gasteiger charge is -2.59. The highest BCUT2D eigenvalue weighted by molar-refractivity contribution is 9.09. The van der Waals surface area contributed by atoms with Crippen molar-refractivity contribution in [1.29, 1.82) is 0 Å². The van der Waals surface area contributed by atoms with Gasteiger partial charge >= 0.3 is 0 Å². The lowest BCUT2D eigenvalue weighted by atomic mass is 9.47. The normalized spacial score (nSPS) is 42.2. The standard InChI is InChI=1S/C29H49BrO2/c1-20(2)7-6-8-21(3)25-11-12-26-24-10-9-22-17-23(32-19-31-5)13-16-29(22,18-30)27(24)14-15-28(25,26)4/h9,20-21,23-27H,6-8,10-19H2,1-5H3/t21-,23+,24+,25-,26+,27+,28-,29-/m1/s1. The first-order valence-corrected chi connectivity index (χ1v) is 14.8. The zero-order valence-corrected chi connectivity index (χ0v) is 23.1. The fraction of sp³-hybridized carbons (Fsp3) is 0.931. The van der Waals surface area contributed by atoms with Crippen LogP contribution in [0.3, 0.4) is 0 Å². The number of methoxy groups -OCH3 is 1. The predicted molar refractivity (Wildman–Crippen MR) is 138 cm³/mol. The van der Waals surface area contributed by atoms with Gasteiger partial charge in [-0.05, 0) is 92.3 Å². The highest BCUT2D eigenvalue weighted by Crippen LogP contribution is 2.67. The lowest BCUT2D eigenvalue weighted by Crippen LogP contribution is -2.52. The van der Waals surface area contributed by atoms with E-state index in [0.717, 1.165) is 47.3 Å². The molecule has 3 saturated carbocycles. The van der Waals surface area contributed by atoms with Gasteiger partial charge in [0, 0.05) is 17.9 Å². The van der Waals surface area contributed by atoms with Crippen molar-refractivity contribution in [3.63, 3.8) is 0 Å². The number of alkyl halides is 1. The summed E-state index contributed by atoms with van der Waals surface area (Å²) in [5.74, 6) is 5.41. The van der Waals surface area contributed by atoms with E-state index in [1.165, 1.54) is 64.2 Å². The molecule has 0 unspecified atom stereocenters. The van der Waals surface area contributed by atoms with Crippen LogP contribution in [0, 0.1) is 46.3 Å². The van der Waals surface area contributed by atoms with E-state index >= 15 is 0 Å². The summed E-state index contributed by atoms with van der Waals surface area (Å²) in [6, 6.07) is 0. The summed E-state index contributed by atoms with van der Waals surface area (Å²) in [7, 11) is 1.73. The maximum atomic E-state index is 6.00. The van der Waals surface area contributed by atoms with E-state index in [1.54, 1.807) is 12.7 Å². The van der Waals surface area contributed by atoms with Crippen LogP contribution >= 0.6 is 15.9 Å². The third-order valence-electron chi connectivity index (χ3n) is 10.6. The average Bonchev–Trinajstić information content (AvgIpc) is 3.14. The van der Waals surface area contributed by atoms with Crippen LogP contribution < -0.4 is 0 Å². The van der Waals surface area contributed by atoms with Crippen LogP contribution in [0.4, 0.5) is 0 Å². The number of hydrogen-bond donors (Lipinski definition) is 0. The molecular formula is C29H49BrO2. The molecule has 0 spiro atoms. The molecule has 2 nitrogen and oxygen atoms in total. The number of fused-ring (bicyclic) bond motifs is 5. The number of allylic oxidation sites excluding steroid dienone is 1. The van der Waals surface area contributed by atoms with Crippen LogP contribution in [-0.4, -0.2) is 25.3 Å². The smallest absolute Gasteiger partial charge is 0.146 e. The largest absolute Gasteiger partial charge is 0.359 e. The Labute approximate surface area is 206 Å². The van der Waals surface area contributed by atoms with Gasteiger partial charge in [-0.1, -0.05) is 74.5 Å². The van der Waals surface area contributed by atoms with Crippen LogP contribution in [0.15, 0.2) is 11.6 Å². The summed E-state index contributed by atoms with van der Waals surface area (Å²) in [6.07, 6.45) is 18.1. The van der Waals surface area contributed by atoms with Gasteiger partial charge in [-0.15, -0.1) is 0 Å². The Morgan fingerprint density at radius 3 is 2.59 bits per heavy atom. The van der Waals surface area contributed by atoms with Crippen molar-refractivity contribution >= 4 is 15.9 Å². The summed E-state index contributed by atoms with van der Waals surface area (Å²) in [6.45, 7) is 10.5. The molecule has 184 valence electrons. The van der Waals surface area contributed by atoms with E-state index < -0.39 is 0 Å². The molecule has 32 heavy (non-hydrogen) atoms. The topological polar surface area (TPSA) is 18.5 Å². The molecule has 3 fully saturated rings. The van der Waals surface area contributed by atoms with Gasteiger partial charge in [0.25, 0.3) is 0 Å². The van der Waals surface area contributed by atoms with Gasteiger partial charge in [-0.25, -0.2) is 0 Å². The summed E-state index contributed by atoms with van der Waals surface area (Å²) in [5.41, 5.74) is 2.68. The molecule has 3 heteroatoms. The van der Waals surface area contributed by atoms with Crippen LogP contribution in [-0.2, 0) is 9.47 Å². The average molecular weight is 510 g/mol. The third-order valence-corrected chi connectivity index (χ3v) is 11.6. The monoisotopic (exact) mass is 508 g/mol. The molecule has 0 bridgehead atoms. The molecule has 0 amide bonds. The zero-order valence-electron chi connectivity index (χ0n) is 21.5. The lowest BCUT2D eigenvalue weighted by molar-refractivity contribution is -0.0975. The summed E-state index contributed by atoms with van der Waals surface area (Å²) >= 11 is 4.03. The number of hydrogen-bond acceptors (Lipinski definition) is 2. The van der Waals surface area contributed by atoms with Crippen molar-refractivity contribution in [3.8, 4) is 0 Å². The van der Waals surface area contributed by atoms with Crippen molar-refractivity contribution in [1.82, 2.24) is 0 Å². The first-order valence-electron chi connectivity index (χ1n) is 13.7. The number of ether oxygens (including phenoxy) is 2. The Kier molecular flexibility index (Phi) is 8.21. The maximum absolute atomic E-state index is 6.00. The molecule has 4 aliphatic carbocycles. The van der Waals surface area contributed by atoms with E-state index in [-0.39, 0.29) is 0 Å². The maximum Gasteiger partial charge on any atom is 0.146 e. The third kappa shape index (κ3) is 4.53. The van der Waals surface area contributed by atoms with Crippen molar-refractivity contribution in [2.45, 2.75) is 104 Å². The van der Waals surface area contributed by atoms with Gasteiger partial charge in [0.15, 0.2) is 0 Å². The molecule has 0 aliphatic heterocycles. The highest BCUT2D eigenvalue weighted by Gasteiger charge is 2.60. The van der Waals surface area contributed by atoms with Crippen LogP contribution in [0.25, 0.3) is 0 Å². The number of rotatable bonds is 9.